The summed E-state index contributed by atoms with van der Waals surface area (Å²) >= 11 is 0. The first-order chi connectivity index (χ1) is 5.75. The molecule has 0 amide bonds. The molecule has 80 valence electrons. The number of hydrogen-bond donors (Lipinski definition) is 2. The molecule has 1 unspecified atom stereocenters. The van der Waals surface area contributed by atoms with Crippen molar-refractivity contribution in [1.29, 1.82) is 0 Å². The summed E-state index contributed by atoms with van der Waals surface area (Å²) in [5.74, 6) is 0. The fourth-order valence-electron chi connectivity index (χ4n) is 1.16. The van der Waals surface area contributed by atoms with E-state index in [1.807, 2.05) is 20.8 Å². The van der Waals surface area contributed by atoms with E-state index in [1.165, 1.54) is 0 Å². The molecule has 0 saturated carbocycles. The van der Waals surface area contributed by atoms with Crippen molar-refractivity contribution in [3.8, 4) is 0 Å². The van der Waals surface area contributed by atoms with E-state index in [4.69, 9.17) is 9.79 Å². The fraction of sp³-hybridized carbons (Fsp3) is 1.00. The molecule has 1 atom stereocenters. The lowest BCUT2D eigenvalue weighted by molar-refractivity contribution is 0.0396. The van der Waals surface area contributed by atoms with Crippen molar-refractivity contribution in [2.45, 2.75) is 46.6 Å². The molecular formula is C8H19O4P. The predicted octanol–water partition coefficient (Wildman–Crippen LogP) is 2.31. The van der Waals surface area contributed by atoms with Gasteiger partial charge in [-0.05, 0) is 25.2 Å². The molecule has 0 aliphatic heterocycles. The molecule has 13 heavy (non-hydrogen) atoms. The minimum absolute atomic E-state index is 0.166. The van der Waals surface area contributed by atoms with Crippen LogP contribution in [0.15, 0.2) is 0 Å². The third-order valence-corrected chi connectivity index (χ3v) is 3.48. The fourth-order valence-corrected chi connectivity index (χ4v) is 1.82. The molecule has 0 saturated heterocycles. The van der Waals surface area contributed by atoms with Crippen LogP contribution in [0.5, 0.6) is 0 Å². The van der Waals surface area contributed by atoms with Crippen molar-refractivity contribution in [2.24, 2.45) is 5.41 Å². The molecule has 0 aromatic heterocycles. The predicted molar refractivity (Wildman–Crippen MR) is 51.3 cm³/mol. The standard InChI is InChI=1S/C8H19O4P/c1-5-8(4,6-2)7(3)12-13(9,10)11/h7H,5-6H2,1-4H3,(H2,9,10,11). The maximum Gasteiger partial charge on any atom is 0.469 e. The van der Waals surface area contributed by atoms with Gasteiger partial charge in [0.25, 0.3) is 0 Å². The van der Waals surface area contributed by atoms with Crippen LogP contribution in [0.3, 0.4) is 0 Å². The van der Waals surface area contributed by atoms with Gasteiger partial charge in [-0.25, -0.2) is 4.57 Å². The third kappa shape index (κ3) is 4.23. The van der Waals surface area contributed by atoms with Crippen LogP contribution >= 0.6 is 7.82 Å². The van der Waals surface area contributed by atoms with Crippen LogP contribution < -0.4 is 0 Å². The Balaban J connectivity index is 4.40. The van der Waals surface area contributed by atoms with E-state index < -0.39 is 13.9 Å². The van der Waals surface area contributed by atoms with Gasteiger partial charge >= 0.3 is 7.82 Å². The van der Waals surface area contributed by atoms with Gasteiger partial charge in [0, 0.05) is 0 Å². The van der Waals surface area contributed by atoms with Gasteiger partial charge in [0.05, 0.1) is 6.10 Å². The summed E-state index contributed by atoms with van der Waals surface area (Å²) in [6.45, 7) is 7.64. The lowest BCUT2D eigenvalue weighted by Gasteiger charge is -2.33. The molecule has 0 aliphatic carbocycles. The van der Waals surface area contributed by atoms with Crippen LogP contribution in [-0.4, -0.2) is 15.9 Å². The Morgan fingerprint density at radius 1 is 1.38 bits per heavy atom. The molecule has 0 heterocycles. The van der Waals surface area contributed by atoms with Gasteiger partial charge in [-0.1, -0.05) is 20.8 Å². The zero-order valence-corrected chi connectivity index (χ0v) is 9.54. The first kappa shape index (κ1) is 13.1. The minimum Gasteiger partial charge on any atom is -0.303 e. The van der Waals surface area contributed by atoms with Gasteiger partial charge in [-0.2, -0.15) is 0 Å². The number of phosphoric acid groups is 1. The van der Waals surface area contributed by atoms with E-state index >= 15 is 0 Å². The molecule has 0 aromatic rings. The SMILES string of the molecule is CCC(C)(CC)C(C)OP(=O)(O)O. The van der Waals surface area contributed by atoms with Crippen LogP contribution in [0.1, 0.15) is 40.5 Å². The summed E-state index contributed by atoms with van der Waals surface area (Å²) in [4.78, 5) is 17.3. The van der Waals surface area contributed by atoms with Crippen molar-refractivity contribution in [3.63, 3.8) is 0 Å². The molecule has 0 radical (unpaired) electrons. The summed E-state index contributed by atoms with van der Waals surface area (Å²) in [6, 6.07) is 0. The molecule has 0 bridgehead atoms. The number of hydrogen-bond acceptors (Lipinski definition) is 2. The van der Waals surface area contributed by atoms with E-state index in [0.29, 0.717) is 0 Å². The third-order valence-electron chi connectivity index (χ3n) is 2.89. The lowest BCUT2D eigenvalue weighted by Crippen LogP contribution is -2.30. The summed E-state index contributed by atoms with van der Waals surface area (Å²) < 4.78 is 15.2. The Bertz CT molecular complexity index is 194. The van der Waals surface area contributed by atoms with Crippen molar-refractivity contribution in [1.82, 2.24) is 0 Å². The Kier molecular flexibility index (Phi) is 4.60. The smallest absolute Gasteiger partial charge is 0.303 e. The van der Waals surface area contributed by atoms with Crippen molar-refractivity contribution >= 4 is 7.82 Å². The van der Waals surface area contributed by atoms with E-state index in [-0.39, 0.29) is 5.41 Å². The summed E-state index contributed by atoms with van der Waals surface area (Å²) in [5.41, 5.74) is -0.166. The summed E-state index contributed by atoms with van der Waals surface area (Å²) in [7, 11) is -4.34. The second-order valence-electron chi connectivity index (χ2n) is 3.60. The minimum atomic E-state index is -4.34. The molecule has 5 heteroatoms. The number of phosphoric ester groups is 1. The van der Waals surface area contributed by atoms with Crippen molar-refractivity contribution < 1.29 is 18.9 Å². The molecule has 0 aromatic carbocycles. The van der Waals surface area contributed by atoms with E-state index in [1.54, 1.807) is 6.92 Å². The van der Waals surface area contributed by atoms with Crippen molar-refractivity contribution in [2.75, 3.05) is 0 Å². The Morgan fingerprint density at radius 2 is 1.77 bits per heavy atom. The molecule has 0 rings (SSSR count). The highest BCUT2D eigenvalue weighted by Gasteiger charge is 2.32. The molecule has 0 spiro atoms. The van der Waals surface area contributed by atoms with Crippen LogP contribution in [0, 0.1) is 5.41 Å². The van der Waals surface area contributed by atoms with E-state index in [0.717, 1.165) is 12.8 Å². The van der Waals surface area contributed by atoms with Gasteiger partial charge in [-0.15, -0.1) is 0 Å². The Morgan fingerprint density at radius 3 is 2.00 bits per heavy atom. The molecule has 2 N–H and O–H groups in total. The second-order valence-corrected chi connectivity index (χ2v) is 4.79. The quantitative estimate of drug-likeness (QED) is 0.683. The van der Waals surface area contributed by atoms with Crippen LogP contribution in [0.2, 0.25) is 0 Å². The molecule has 0 fully saturated rings. The van der Waals surface area contributed by atoms with Crippen LogP contribution in [-0.2, 0) is 9.09 Å². The van der Waals surface area contributed by atoms with Crippen molar-refractivity contribution in [3.05, 3.63) is 0 Å². The Labute approximate surface area is 79.5 Å². The maximum atomic E-state index is 10.6. The average Bonchev–Trinajstić information content (AvgIpc) is 2.00. The molecule has 4 nitrogen and oxygen atoms in total. The normalized spacial score (nSPS) is 15.8. The molecule has 0 aliphatic rings. The van der Waals surface area contributed by atoms with Gasteiger partial charge in [0.2, 0.25) is 0 Å². The largest absolute Gasteiger partial charge is 0.469 e. The average molecular weight is 210 g/mol. The zero-order chi connectivity index (χ0) is 10.7. The van der Waals surface area contributed by atoms with E-state index in [9.17, 15) is 4.57 Å². The van der Waals surface area contributed by atoms with Gasteiger partial charge in [0.15, 0.2) is 0 Å². The monoisotopic (exact) mass is 210 g/mol. The highest BCUT2D eigenvalue weighted by atomic mass is 31.2. The van der Waals surface area contributed by atoms with Gasteiger partial charge in [0.1, 0.15) is 0 Å². The Hall–Kier alpha value is 0.110. The highest BCUT2D eigenvalue weighted by Crippen LogP contribution is 2.43. The second kappa shape index (κ2) is 4.56. The lowest BCUT2D eigenvalue weighted by atomic mass is 9.80. The highest BCUT2D eigenvalue weighted by molar-refractivity contribution is 7.46. The summed E-state index contributed by atoms with van der Waals surface area (Å²) in [6.07, 6.45) is 1.25. The van der Waals surface area contributed by atoms with Gasteiger partial charge in [-0.3, -0.25) is 4.52 Å². The van der Waals surface area contributed by atoms with Crippen LogP contribution in [0.25, 0.3) is 0 Å². The number of rotatable bonds is 5. The molecular weight excluding hydrogens is 191 g/mol. The zero-order valence-electron chi connectivity index (χ0n) is 8.65. The van der Waals surface area contributed by atoms with Crippen LogP contribution in [0.4, 0.5) is 0 Å². The van der Waals surface area contributed by atoms with Gasteiger partial charge < -0.3 is 9.79 Å². The maximum absolute atomic E-state index is 10.6. The first-order valence-electron chi connectivity index (χ1n) is 4.49. The first-order valence-corrected chi connectivity index (χ1v) is 6.02. The topological polar surface area (TPSA) is 66.8 Å². The summed E-state index contributed by atoms with van der Waals surface area (Å²) in [5, 5.41) is 0. The van der Waals surface area contributed by atoms with E-state index in [2.05, 4.69) is 4.52 Å².